The topological polar surface area (TPSA) is 57.6 Å². The summed E-state index contributed by atoms with van der Waals surface area (Å²) in [5, 5.41) is 9.11. The summed E-state index contributed by atoms with van der Waals surface area (Å²) in [7, 11) is 0. The van der Waals surface area contributed by atoms with Gasteiger partial charge in [0.1, 0.15) is 0 Å². The van der Waals surface area contributed by atoms with Crippen LogP contribution < -0.4 is 0 Å². The van der Waals surface area contributed by atoms with Crippen LogP contribution in [0.25, 0.3) is 0 Å². The molecule has 1 amide bonds. The van der Waals surface area contributed by atoms with Crippen LogP contribution >= 0.6 is 0 Å². The van der Waals surface area contributed by atoms with Crippen molar-refractivity contribution in [2.75, 3.05) is 13.1 Å². The van der Waals surface area contributed by atoms with Crippen LogP contribution in [0.1, 0.15) is 34.8 Å². The molecule has 0 saturated carbocycles. The number of nitrogens with zero attached hydrogens (tertiary/aromatic N) is 1. The zero-order valence-corrected chi connectivity index (χ0v) is 12.2. The summed E-state index contributed by atoms with van der Waals surface area (Å²) in [6.07, 6.45) is 0.535. The zero-order chi connectivity index (χ0) is 14.9. The van der Waals surface area contributed by atoms with Crippen molar-refractivity contribution in [3.63, 3.8) is 0 Å². The van der Waals surface area contributed by atoms with Crippen molar-refractivity contribution in [2.45, 2.75) is 27.2 Å². The molecule has 0 bridgehead atoms. The monoisotopic (exact) mass is 275 g/mol. The molecule has 1 aliphatic rings. The Hall–Kier alpha value is -1.84. The summed E-state index contributed by atoms with van der Waals surface area (Å²) in [6, 6.07) is 5.71. The lowest BCUT2D eigenvalue weighted by Crippen LogP contribution is -2.45. The highest BCUT2D eigenvalue weighted by Crippen LogP contribution is 2.25. The van der Waals surface area contributed by atoms with Gasteiger partial charge in [-0.25, -0.2) is 0 Å². The van der Waals surface area contributed by atoms with Gasteiger partial charge in [-0.2, -0.15) is 0 Å². The fourth-order valence-electron chi connectivity index (χ4n) is 2.75. The second-order valence-corrected chi connectivity index (χ2v) is 5.76. The standard InChI is InChI=1S/C16H21NO3/c1-10-4-5-13(8-11(10)2)15(18)17-7-6-14(16(19)20)12(3)9-17/h4-5,8,12,14H,6-7,9H2,1-3H3,(H,19,20). The lowest BCUT2D eigenvalue weighted by atomic mass is 9.86. The van der Waals surface area contributed by atoms with Crippen LogP contribution in [0, 0.1) is 25.7 Å². The molecule has 1 heterocycles. The number of aliphatic carboxylic acids is 1. The first kappa shape index (κ1) is 14.6. The average molecular weight is 275 g/mol. The molecule has 108 valence electrons. The summed E-state index contributed by atoms with van der Waals surface area (Å²) in [4.78, 5) is 25.3. The molecule has 0 radical (unpaired) electrons. The molecule has 0 aliphatic carbocycles. The van der Waals surface area contributed by atoms with Crippen LogP contribution in [-0.2, 0) is 4.79 Å². The van der Waals surface area contributed by atoms with Crippen molar-refractivity contribution in [3.8, 4) is 0 Å². The highest BCUT2D eigenvalue weighted by molar-refractivity contribution is 5.94. The fraction of sp³-hybridized carbons (Fsp3) is 0.500. The molecule has 1 aromatic rings. The molecule has 1 aliphatic heterocycles. The number of hydrogen-bond donors (Lipinski definition) is 1. The van der Waals surface area contributed by atoms with E-state index in [-0.39, 0.29) is 17.7 Å². The predicted molar refractivity (Wildman–Crippen MR) is 76.7 cm³/mol. The lowest BCUT2D eigenvalue weighted by molar-refractivity contribution is -0.145. The van der Waals surface area contributed by atoms with Crippen LogP contribution in [-0.4, -0.2) is 35.0 Å². The Morgan fingerprint density at radius 1 is 1.25 bits per heavy atom. The molecule has 0 aromatic heterocycles. The number of piperidine rings is 1. The van der Waals surface area contributed by atoms with Crippen LogP contribution in [0.5, 0.6) is 0 Å². The van der Waals surface area contributed by atoms with Crippen molar-refractivity contribution in [3.05, 3.63) is 34.9 Å². The molecule has 20 heavy (non-hydrogen) atoms. The number of likely N-dealkylation sites (tertiary alicyclic amines) is 1. The number of carbonyl (C=O) groups excluding carboxylic acids is 1. The van der Waals surface area contributed by atoms with Gasteiger partial charge in [0.15, 0.2) is 0 Å². The first-order chi connectivity index (χ1) is 9.40. The van der Waals surface area contributed by atoms with E-state index < -0.39 is 5.97 Å². The number of carbonyl (C=O) groups is 2. The van der Waals surface area contributed by atoms with E-state index in [9.17, 15) is 9.59 Å². The molecule has 1 aromatic carbocycles. The maximum Gasteiger partial charge on any atom is 0.306 e. The van der Waals surface area contributed by atoms with Crippen molar-refractivity contribution >= 4 is 11.9 Å². The molecule has 1 fully saturated rings. The molecule has 1 N–H and O–H groups in total. The third kappa shape index (κ3) is 2.84. The molecule has 0 spiro atoms. The molecular weight excluding hydrogens is 254 g/mol. The molecule has 1 saturated heterocycles. The van der Waals surface area contributed by atoms with Crippen molar-refractivity contribution in [1.29, 1.82) is 0 Å². The predicted octanol–water partition coefficient (Wildman–Crippen LogP) is 2.49. The van der Waals surface area contributed by atoms with E-state index in [0.29, 0.717) is 25.1 Å². The second-order valence-electron chi connectivity index (χ2n) is 5.76. The highest BCUT2D eigenvalue weighted by atomic mass is 16.4. The van der Waals surface area contributed by atoms with E-state index >= 15 is 0 Å². The molecule has 2 atom stereocenters. The van der Waals surface area contributed by atoms with Gasteiger partial charge in [0.2, 0.25) is 0 Å². The third-order valence-corrected chi connectivity index (χ3v) is 4.26. The number of benzene rings is 1. The van der Waals surface area contributed by atoms with Crippen LogP contribution in [0.4, 0.5) is 0 Å². The molecule has 4 nitrogen and oxygen atoms in total. The Morgan fingerprint density at radius 3 is 2.50 bits per heavy atom. The summed E-state index contributed by atoms with van der Waals surface area (Å²) in [6.45, 7) is 6.95. The highest BCUT2D eigenvalue weighted by Gasteiger charge is 2.33. The first-order valence-electron chi connectivity index (χ1n) is 6.99. The van der Waals surface area contributed by atoms with Gasteiger partial charge < -0.3 is 10.0 Å². The Bertz CT molecular complexity index is 539. The van der Waals surface area contributed by atoms with E-state index in [1.807, 2.05) is 39.0 Å². The fourth-order valence-corrected chi connectivity index (χ4v) is 2.75. The number of amides is 1. The van der Waals surface area contributed by atoms with Crippen LogP contribution in [0.2, 0.25) is 0 Å². The minimum atomic E-state index is -0.754. The smallest absolute Gasteiger partial charge is 0.306 e. The zero-order valence-electron chi connectivity index (χ0n) is 12.2. The quantitative estimate of drug-likeness (QED) is 0.902. The summed E-state index contributed by atoms with van der Waals surface area (Å²) in [5.41, 5.74) is 2.96. The third-order valence-electron chi connectivity index (χ3n) is 4.26. The summed E-state index contributed by atoms with van der Waals surface area (Å²) in [5.74, 6) is -1.09. The van der Waals surface area contributed by atoms with Gasteiger partial charge in [-0.1, -0.05) is 13.0 Å². The Labute approximate surface area is 119 Å². The van der Waals surface area contributed by atoms with Crippen molar-refractivity contribution in [1.82, 2.24) is 4.90 Å². The number of hydrogen-bond acceptors (Lipinski definition) is 2. The first-order valence-corrected chi connectivity index (χ1v) is 6.99. The van der Waals surface area contributed by atoms with Gasteiger partial charge in [-0.3, -0.25) is 9.59 Å². The lowest BCUT2D eigenvalue weighted by Gasteiger charge is -2.35. The van der Waals surface area contributed by atoms with Gasteiger partial charge in [0.05, 0.1) is 5.92 Å². The van der Waals surface area contributed by atoms with Gasteiger partial charge in [0.25, 0.3) is 5.91 Å². The van der Waals surface area contributed by atoms with Gasteiger partial charge in [-0.05, 0) is 49.4 Å². The van der Waals surface area contributed by atoms with Crippen molar-refractivity contribution in [2.24, 2.45) is 11.8 Å². The Balaban J connectivity index is 2.11. The SMILES string of the molecule is Cc1ccc(C(=O)N2CCC(C(=O)O)C(C)C2)cc1C. The minimum Gasteiger partial charge on any atom is -0.481 e. The molecular formula is C16H21NO3. The molecule has 4 heteroatoms. The van der Waals surface area contributed by atoms with Gasteiger partial charge >= 0.3 is 5.97 Å². The summed E-state index contributed by atoms with van der Waals surface area (Å²) < 4.78 is 0. The molecule has 2 unspecified atom stereocenters. The van der Waals surface area contributed by atoms with E-state index in [4.69, 9.17) is 5.11 Å². The Kier molecular flexibility index (Phi) is 4.12. The Morgan fingerprint density at radius 2 is 1.95 bits per heavy atom. The average Bonchev–Trinajstić information content (AvgIpc) is 2.40. The largest absolute Gasteiger partial charge is 0.481 e. The second kappa shape index (κ2) is 5.65. The summed E-state index contributed by atoms with van der Waals surface area (Å²) >= 11 is 0. The normalized spacial score (nSPS) is 22.6. The molecule has 2 rings (SSSR count). The maximum atomic E-state index is 12.5. The number of rotatable bonds is 2. The van der Waals surface area contributed by atoms with Crippen molar-refractivity contribution < 1.29 is 14.7 Å². The number of carboxylic acids is 1. The minimum absolute atomic E-state index is 0.00301. The van der Waals surface area contributed by atoms with Crippen LogP contribution in [0.15, 0.2) is 18.2 Å². The van der Waals surface area contributed by atoms with Gasteiger partial charge in [0, 0.05) is 18.7 Å². The van der Waals surface area contributed by atoms with E-state index in [0.717, 1.165) is 5.56 Å². The van der Waals surface area contributed by atoms with E-state index in [1.165, 1.54) is 5.56 Å². The number of aryl methyl sites for hydroxylation is 2. The maximum absolute atomic E-state index is 12.5. The van der Waals surface area contributed by atoms with E-state index in [2.05, 4.69) is 0 Å². The van der Waals surface area contributed by atoms with E-state index in [1.54, 1.807) is 4.90 Å². The number of carboxylic acid groups (broad SMARTS) is 1. The van der Waals surface area contributed by atoms with Crippen LogP contribution in [0.3, 0.4) is 0 Å². The van der Waals surface area contributed by atoms with Gasteiger partial charge in [-0.15, -0.1) is 0 Å².